The molecule has 0 saturated heterocycles. The van der Waals surface area contributed by atoms with Crippen LogP contribution in [0.2, 0.25) is 0 Å². The molecular weight excluding hydrogens is 225 g/mol. The van der Waals surface area contributed by atoms with Gasteiger partial charge in [-0.05, 0) is 19.1 Å². The van der Waals surface area contributed by atoms with Gasteiger partial charge in [-0.1, -0.05) is 0 Å². The summed E-state index contributed by atoms with van der Waals surface area (Å²) in [4.78, 5) is 22.3. The number of nitrogens with one attached hydrogen (secondary N) is 1. The molecule has 92 valence electrons. The summed E-state index contributed by atoms with van der Waals surface area (Å²) in [6.45, 7) is 1.70. The second-order valence-corrected chi connectivity index (χ2v) is 3.58. The molecule has 0 spiro atoms. The van der Waals surface area contributed by atoms with Gasteiger partial charge in [0.15, 0.2) is 0 Å². The summed E-state index contributed by atoms with van der Waals surface area (Å²) in [7, 11) is 0. The molecule has 0 fully saturated rings. The Bertz CT molecular complexity index is 460. The Labute approximate surface area is 98.0 Å². The summed E-state index contributed by atoms with van der Waals surface area (Å²) in [5, 5.41) is 2.48. The number of nitrogens with two attached hydrogens (primary N) is 2. The van der Waals surface area contributed by atoms with E-state index in [1.807, 2.05) is 0 Å². The molecule has 1 rings (SSSR count). The molecule has 0 heterocycles. The van der Waals surface area contributed by atoms with Gasteiger partial charge in [-0.2, -0.15) is 0 Å². The average Bonchev–Trinajstić information content (AvgIpc) is 2.24. The molecule has 5 N–H and O–H groups in total. The van der Waals surface area contributed by atoms with E-state index >= 15 is 0 Å². The molecule has 0 atom stereocenters. The minimum absolute atomic E-state index is 0.0103. The van der Waals surface area contributed by atoms with Crippen molar-refractivity contribution in [2.24, 2.45) is 11.5 Å². The molecule has 1 aromatic rings. The molecule has 0 unspecified atom stereocenters. The number of hydrogen-bond acceptors (Lipinski definition) is 3. The molecule has 0 aliphatic rings. The van der Waals surface area contributed by atoms with E-state index in [-0.39, 0.29) is 35.7 Å². The van der Waals surface area contributed by atoms with Crippen LogP contribution in [0.4, 0.5) is 10.1 Å². The molecule has 5 nitrogen and oxygen atoms in total. The summed E-state index contributed by atoms with van der Waals surface area (Å²) in [5.41, 5.74) is 10.8. The van der Waals surface area contributed by atoms with Gasteiger partial charge in [0.2, 0.25) is 11.8 Å². The van der Waals surface area contributed by atoms with Crippen LogP contribution in [0.1, 0.15) is 22.3 Å². The third-order valence-corrected chi connectivity index (χ3v) is 2.27. The number of primary amides is 1. The molecule has 0 aliphatic heterocycles. The first-order valence-corrected chi connectivity index (χ1v) is 5.05. The zero-order chi connectivity index (χ0) is 13.0. The highest BCUT2D eigenvalue weighted by molar-refractivity contribution is 5.97. The number of hydrogen-bond donors (Lipinski definition) is 3. The topological polar surface area (TPSA) is 98.2 Å². The Hall–Kier alpha value is -1.95. The fourth-order valence-corrected chi connectivity index (χ4v) is 1.29. The zero-order valence-corrected chi connectivity index (χ0v) is 9.42. The van der Waals surface area contributed by atoms with Crippen LogP contribution in [0.5, 0.6) is 0 Å². The first-order chi connectivity index (χ1) is 7.95. The van der Waals surface area contributed by atoms with Crippen molar-refractivity contribution < 1.29 is 14.0 Å². The number of carbonyl (C=O) groups excluding carboxylic acids is 2. The number of rotatable bonds is 4. The molecule has 0 bridgehead atoms. The van der Waals surface area contributed by atoms with Gasteiger partial charge >= 0.3 is 0 Å². The van der Waals surface area contributed by atoms with Crippen LogP contribution in [0, 0.1) is 12.7 Å². The molecule has 0 saturated carbocycles. The second-order valence-electron chi connectivity index (χ2n) is 3.58. The van der Waals surface area contributed by atoms with E-state index in [4.69, 9.17) is 11.5 Å². The summed E-state index contributed by atoms with van der Waals surface area (Å²) < 4.78 is 13.5. The monoisotopic (exact) mass is 239 g/mol. The highest BCUT2D eigenvalue weighted by atomic mass is 19.1. The minimum Gasteiger partial charge on any atom is -0.366 e. The number of carbonyl (C=O) groups is 2. The maximum Gasteiger partial charge on any atom is 0.248 e. The van der Waals surface area contributed by atoms with Crippen molar-refractivity contribution in [2.75, 3.05) is 11.9 Å². The van der Waals surface area contributed by atoms with Crippen LogP contribution in [0.15, 0.2) is 12.1 Å². The highest BCUT2D eigenvalue weighted by Gasteiger charge is 2.12. The number of amides is 2. The Morgan fingerprint density at radius 3 is 2.59 bits per heavy atom. The molecular formula is C11H14FN3O2. The van der Waals surface area contributed by atoms with E-state index in [0.717, 1.165) is 6.07 Å². The summed E-state index contributed by atoms with van der Waals surface area (Å²) in [6.07, 6.45) is 0.127. The highest BCUT2D eigenvalue weighted by Crippen LogP contribution is 2.20. The van der Waals surface area contributed by atoms with E-state index in [2.05, 4.69) is 5.32 Å². The van der Waals surface area contributed by atoms with Crippen LogP contribution in [0.3, 0.4) is 0 Å². The molecule has 17 heavy (non-hydrogen) atoms. The first-order valence-electron chi connectivity index (χ1n) is 5.05. The van der Waals surface area contributed by atoms with E-state index in [9.17, 15) is 14.0 Å². The SMILES string of the molecule is Cc1c(F)cc(C(N)=O)cc1NC(=O)CCN. The van der Waals surface area contributed by atoms with Crippen molar-refractivity contribution in [1.29, 1.82) is 0 Å². The quantitative estimate of drug-likeness (QED) is 0.714. The van der Waals surface area contributed by atoms with Crippen molar-refractivity contribution in [3.63, 3.8) is 0 Å². The van der Waals surface area contributed by atoms with Gasteiger partial charge in [0.05, 0.1) is 0 Å². The van der Waals surface area contributed by atoms with Gasteiger partial charge in [0.25, 0.3) is 0 Å². The van der Waals surface area contributed by atoms with Crippen LogP contribution in [-0.2, 0) is 4.79 Å². The predicted molar refractivity (Wildman–Crippen MR) is 62.0 cm³/mol. The third-order valence-electron chi connectivity index (χ3n) is 2.27. The van der Waals surface area contributed by atoms with Crippen molar-refractivity contribution in [1.82, 2.24) is 0 Å². The van der Waals surface area contributed by atoms with Gasteiger partial charge < -0.3 is 16.8 Å². The Balaban J connectivity index is 3.05. The smallest absolute Gasteiger partial charge is 0.248 e. The molecule has 2 amide bonds. The van der Waals surface area contributed by atoms with E-state index in [0.29, 0.717) is 0 Å². The number of anilines is 1. The first kappa shape index (κ1) is 13.1. The van der Waals surface area contributed by atoms with E-state index in [1.165, 1.54) is 13.0 Å². The van der Waals surface area contributed by atoms with Gasteiger partial charge in [0, 0.05) is 29.8 Å². The molecule has 0 aliphatic carbocycles. The van der Waals surface area contributed by atoms with Crippen molar-refractivity contribution >= 4 is 17.5 Å². The maximum absolute atomic E-state index is 13.5. The Kier molecular flexibility index (Phi) is 4.17. The Morgan fingerprint density at radius 1 is 1.41 bits per heavy atom. The summed E-state index contributed by atoms with van der Waals surface area (Å²) in [5.74, 6) is -1.68. The minimum atomic E-state index is -0.752. The number of benzene rings is 1. The van der Waals surface area contributed by atoms with E-state index in [1.54, 1.807) is 0 Å². The van der Waals surface area contributed by atoms with Crippen LogP contribution < -0.4 is 16.8 Å². The summed E-state index contributed by atoms with van der Waals surface area (Å²) in [6, 6.07) is 2.38. The van der Waals surface area contributed by atoms with Gasteiger partial charge in [-0.25, -0.2) is 4.39 Å². The van der Waals surface area contributed by atoms with E-state index < -0.39 is 11.7 Å². The standard InChI is InChI=1S/C11H14FN3O2/c1-6-8(12)4-7(11(14)17)5-9(6)15-10(16)2-3-13/h4-5H,2-3,13H2,1H3,(H2,14,17)(H,15,16). The van der Waals surface area contributed by atoms with Gasteiger partial charge in [0.1, 0.15) is 5.82 Å². The van der Waals surface area contributed by atoms with Gasteiger partial charge in [-0.15, -0.1) is 0 Å². The lowest BCUT2D eigenvalue weighted by molar-refractivity contribution is -0.116. The summed E-state index contributed by atoms with van der Waals surface area (Å²) >= 11 is 0. The Morgan fingerprint density at radius 2 is 2.06 bits per heavy atom. The largest absolute Gasteiger partial charge is 0.366 e. The van der Waals surface area contributed by atoms with Crippen molar-refractivity contribution in [3.8, 4) is 0 Å². The van der Waals surface area contributed by atoms with Crippen LogP contribution >= 0.6 is 0 Å². The average molecular weight is 239 g/mol. The molecule has 0 radical (unpaired) electrons. The maximum atomic E-state index is 13.5. The zero-order valence-electron chi connectivity index (χ0n) is 9.42. The fourth-order valence-electron chi connectivity index (χ4n) is 1.29. The fraction of sp³-hybridized carbons (Fsp3) is 0.273. The van der Waals surface area contributed by atoms with Gasteiger partial charge in [-0.3, -0.25) is 9.59 Å². The lowest BCUT2D eigenvalue weighted by Crippen LogP contribution is -2.18. The molecule has 6 heteroatoms. The number of halogens is 1. The normalized spacial score (nSPS) is 10.1. The van der Waals surface area contributed by atoms with Crippen molar-refractivity contribution in [2.45, 2.75) is 13.3 Å². The van der Waals surface area contributed by atoms with Crippen LogP contribution in [-0.4, -0.2) is 18.4 Å². The van der Waals surface area contributed by atoms with Crippen LogP contribution in [0.25, 0.3) is 0 Å². The lowest BCUT2D eigenvalue weighted by Gasteiger charge is -2.10. The third kappa shape index (κ3) is 3.25. The second kappa shape index (κ2) is 5.40. The van der Waals surface area contributed by atoms with Crippen molar-refractivity contribution in [3.05, 3.63) is 29.1 Å². The lowest BCUT2D eigenvalue weighted by atomic mass is 10.1. The molecule has 1 aromatic carbocycles. The molecule has 0 aromatic heterocycles. The predicted octanol–water partition coefficient (Wildman–Crippen LogP) is 0.520.